The average molecular weight is 296 g/mol. The Morgan fingerprint density at radius 1 is 1.30 bits per heavy atom. The smallest absolute Gasteiger partial charge is 0.310 e. The Morgan fingerprint density at radius 3 is 2.80 bits per heavy atom. The van der Waals surface area contributed by atoms with Crippen molar-refractivity contribution in [3.63, 3.8) is 0 Å². The number of hydrogen-bond donors (Lipinski definition) is 1. The summed E-state index contributed by atoms with van der Waals surface area (Å²) in [4.78, 5) is 13.0. The fraction of sp³-hybridized carbons (Fsp3) is 0.571. The van der Waals surface area contributed by atoms with Crippen LogP contribution in [0.15, 0.2) is 18.2 Å². The van der Waals surface area contributed by atoms with Gasteiger partial charge in [0.05, 0.1) is 4.92 Å². The summed E-state index contributed by atoms with van der Waals surface area (Å²) >= 11 is 5.99. The van der Waals surface area contributed by atoms with Crippen LogP contribution in [0.1, 0.15) is 19.3 Å². The second-order valence-corrected chi connectivity index (χ2v) is 6.27. The molecule has 20 heavy (non-hydrogen) atoms. The van der Waals surface area contributed by atoms with Crippen molar-refractivity contribution in [2.75, 3.05) is 18.0 Å². The molecule has 0 aromatic heterocycles. The first-order chi connectivity index (χ1) is 9.56. The molecule has 1 unspecified atom stereocenters. The Bertz CT molecular complexity index is 537. The van der Waals surface area contributed by atoms with Gasteiger partial charge >= 0.3 is 5.69 Å². The molecular formula is C14H18ClN3O2. The molecule has 2 aliphatic rings. The lowest BCUT2D eigenvalue weighted by atomic mass is 9.79. The lowest BCUT2D eigenvalue weighted by Crippen LogP contribution is -2.32. The van der Waals surface area contributed by atoms with Crippen LogP contribution in [0.2, 0.25) is 5.02 Å². The third-order valence-electron chi connectivity index (χ3n) is 4.58. The molecule has 1 heterocycles. The Kier molecular flexibility index (Phi) is 3.56. The Hall–Kier alpha value is -1.33. The Morgan fingerprint density at radius 2 is 2.05 bits per heavy atom. The Labute approximate surface area is 122 Å². The summed E-state index contributed by atoms with van der Waals surface area (Å²) in [5.74, 6) is 1.16. The monoisotopic (exact) mass is 295 g/mol. The molecule has 1 saturated carbocycles. The molecule has 6 heteroatoms. The van der Waals surface area contributed by atoms with Crippen molar-refractivity contribution < 1.29 is 4.92 Å². The van der Waals surface area contributed by atoms with E-state index < -0.39 is 0 Å². The van der Waals surface area contributed by atoms with Gasteiger partial charge in [0.1, 0.15) is 10.7 Å². The summed E-state index contributed by atoms with van der Waals surface area (Å²) in [6.45, 7) is 1.72. The van der Waals surface area contributed by atoms with Gasteiger partial charge in [0.2, 0.25) is 0 Å². The minimum absolute atomic E-state index is 0.0251. The first-order valence-corrected chi connectivity index (χ1v) is 7.37. The highest BCUT2D eigenvalue weighted by Gasteiger charge is 2.38. The SMILES string of the molecule is NC1CC[C@@H]2CN(c3cccc(Cl)c3[N+](=O)[O-])C[C@@H]2C1. The van der Waals surface area contributed by atoms with E-state index in [4.69, 9.17) is 17.3 Å². The zero-order valence-electron chi connectivity index (χ0n) is 11.2. The molecule has 3 atom stereocenters. The summed E-state index contributed by atoms with van der Waals surface area (Å²) in [6.07, 6.45) is 3.21. The number of halogens is 1. The van der Waals surface area contributed by atoms with E-state index >= 15 is 0 Å². The van der Waals surface area contributed by atoms with Gasteiger partial charge in [-0.1, -0.05) is 17.7 Å². The van der Waals surface area contributed by atoms with Gasteiger partial charge < -0.3 is 10.6 Å². The molecular weight excluding hydrogens is 278 g/mol. The average Bonchev–Trinajstić information content (AvgIpc) is 2.80. The fourth-order valence-corrected chi connectivity index (χ4v) is 3.84. The maximum atomic E-state index is 11.2. The van der Waals surface area contributed by atoms with Crippen molar-refractivity contribution in [2.24, 2.45) is 17.6 Å². The zero-order chi connectivity index (χ0) is 14.3. The van der Waals surface area contributed by atoms with E-state index in [-0.39, 0.29) is 21.7 Å². The molecule has 1 aromatic rings. The van der Waals surface area contributed by atoms with Gasteiger partial charge in [-0.25, -0.2) is 0 Å². The Balaban J connectivity index is 1.88. The van der Waals surface area contributed by atoms with Crippen molar-refractivity contribution >= 4 is 23.0 Å². The van der Waals surface area contributed by atoms with Crippen molar-refractivity contribution in [1.82, 2.24) is 0 Å². The molecule has 3 rings (SSSR count). The maximum absolute atomic E-state index is 11.2. The predicted molar refractivity (Wildman–Crippen MR) is 79.1 cm³/mol. The summed E-state index contributed by atoms with van der Waals surface area (Å²) < 4.78 is 0. The number of nitro groups is 1. The van der Waals surface area contributed by atoms with Crippen molar-refractivity contribution in [2.45, 2.75) is 25.3 Å². The molecule has 1 aliphatic carbocycles. The van der Waals surface area contributed by atoms with Crippen LogP contribution < -0.4 is 10.6 Å². The number of nitrogens with zero attached hydrogens (tertiary/aromatic N) is 2. The summed E-state index contributed by atoms with van der Waals surface area (Å²) in [5.41, 5.74) is 6.70. The third kappa shape index (κ3) is 2.36. The quantitative estimate of drug-likeness (QED) is 0.672. The van der Waals surface area contributed by atoms with E-state index in [9.17, 15) is 10.1 Å². The summed E-state index contributed by atoms with van der Waals surface area (Å²) in [7, 11) is 0. The van der Waals surface area contributed by atoms with Gasteiger partial charge in [-0.15, -0.1) is 0 Å². The molecule has 0 radical (unpaired) electrons. The van der Waals surface area contributed by atoms with Crippen LogP contribution in [-0.2, 0) is 0 Å². The highest BCUT2D eigenvalue weighted by Crippen LogP contribution is 2.42. The normalized spacial score (nSPS) is 29.3. The predicted octanol–water partition coefficient (Wildman–Crippen LogP) is 2.81. The zero-order valence-corrected chi connectivity index (χ0v) is 11.9. The maximum Gasteiger partial charge on any atom is 0.310 e. The number of hydrogen-bond acceptors (Lipinski definition) is 4. The van der Waals surface area contributed by atoms with Crippen molar-refractivity contribution in [1.29, 1.82) is 0 Å². The number of rotatable bonds is 2. The van der Waals surface area contributed by atoms with Crippen LogP contribution in [0, 0.1) is 22.0 Å². The number of nitrogens with two attached hydrogens (primary N) is 1. The fourth-order valence-electron chi connectivity index (χ4n) is 3.60. The number of nitro benzene ring substituents is 1. The van der Waals surface area contributed by atoms with E-state index in [0.29, 0.717) is 17.5 Å². The lowest BCUT2D eigenvalue weighted by molar-refractivity contribution is -0.384. The molecule has 1 aromatic carbocycles. The van der Waals surface area contributed by atoms with Gasteiger partial charge in [-0.2, -0.15) is 0 Å². The van der Waals surface area contributed by atoms with E-state index in [1.54, 1.807) is 18.2 Å². The van der Waals surface area contributed by atoms with Gasteiger partial charge in [0, 0.05) is 19.1 Å². The van der Waals surface area contributed by atoms with Gasteiger partial charge in [-0.3, -0.25) is 10.1 Å². The second-order valence-electron chi connectivity index (χ2n) is 5.86. The summed E-state index contributed by atoms with van der Waals surface area (Å²) in [6, 6.07) is 5.42. The highest BCUT2D eigenvalue weighted by atomic mass is 35.5. The minimum atomic E-state index is -0.384. The van der Waals surface area contributed by atoms with E-state index in [1.807, 2.05) is 0 Å². The number of fused-ring (bicyclic) bond motifs is 1. The van der Waals surface area contributed by atoms with Crippen molar-refractivity contribution in [3.05, 3.63) is 33.3 Å². The van der Waals surface area contributed by atoms with E-state index in [1.165, 1.54) is 0 Å². The number of benzene rings is 1. The largest absolute Gasteiger partial charge is 0.365 e. The van der Waals surface area contributed by atoms with Crippen molar-refractivity contribution in [3.8, 4) is 0 Å². The molecule has 5 nitrogen and oxygen atoms in total. The van der Waals surface area contributed by atoms with Crippen LogP contribution in [0.3, 0.4) is 0 Å². The molecule has 108 valence electrons. The van der Waals surface area contributed by atoms with E-state index in [0.717, 1.165) is 32.4 Å². The second kappa shape index (κ2) is 5.22. The third-order valence-corrected chi connectivity index (χ3v) is 4.88. The lowest BCUT2D eigenvalue weighted by Gasteiger charge is -2.27. The highest BCUT2D eigenvalue weighted by molar-refractivity contribution is 6.33. The van der Waals surface area contributed by atoms with Gasteiger partial charge in [-0.05, 0) is 43.2 Å². The standard InChI is InChI=1S/C14H18ClN3O2/c15-12-2-1-3-13(14(12)18(19)20)17-7-9-4-5-11(16)6-10(9)8-17/h1-3,9-11H,4-8,16H2/t9-,10+,11?/m1/s1. The van der Waals surface area contributed by atoms with Crippen LogP contribution >= 0.6 is 11.6 Å². The number of anilines is 1. The first-order valence-electron chi connectivity index (χ1n) is 6.99. The van der Waals surface area contributed by atoms with E-state index in [2.05, 4.69) is 4.90 Å². The molecule has 2 fully saturated rings. The number of para-hydroxylation sites is 1. The molecule has 0 amide bonds. The van der Waals surface area contributed by atoms with Gasteiger partial charge in [0.15, 0.2) is 0 Å². The van der Waals surface area contributed by atoms with Crippen LogP contribution in [0.5, 0.6) is 0 Å². The van der Waals surface area contributed by atoms with Gasteiger partial charge in [0.25, 0.3) is 0 Å². The minimum Gasteiger partial charge on any atom is -0.365 e. The molecule has 1 aliphatic heterocycles. The van der Waals surface area contributed by atoms with Crippen LogP contribution in [-0.4, -0.2) is 24.1 Å². The molecule has 2 N–H and O–H groups in total. The molecule has 0 spiro atoms. The molecule has 1 saturated heterocycles. The summed E-state index contributed by atoms with van der Waals surface area (Å²) in [5, 5.41) is 11.4. The first kappa shape index (κ1) is 13.6. The van der Waals surface area contributed by atoms with Crippen LogP contribution in [0.4, 0.5) is 11.4 Å². The molecule has 0 bridgehead atoms. The topological polar surface area (TPSA) is 72.4 Å². The van der Waals surface area contributed by atoms with Crippen LogP contribution in [0.25, 0.3) is 0 Å².